The van der Waals surface area contributed by atoms with Crippen LogP contribution in [-0.2, 0) is 10.2 Å². The van der Waals surface area contributed by atoms with Crippen molar-refractivity contribution >= 4 is 22.6 Å². The largest absolute Gasteiger partial charge is 0.399 e. The van der Waals surface area contributed by atoms with Gasteiger partial charge in [0.1, 0.15) is 5.82 Å². The molecular weight excluding hydrogens is 300 g/mol. The quantitative estimate of drug-likeness (QED) is 0.644. The molecule has 0 fully saturated rings. The molecule has 5 nitrogen and oxygen atoms in total. The number of carbonyl (C=O) groups is 1. The van der Waals surface area contributed by atoms with Gasteiger partial charge in [-0.3, -0.25) is 4.79 Å². The molecule has 1 amide bonds. The molecule has 0 aliphatic rings. The fourth-order valence-electron chi connectivity index (χ4n) is 2.65. The molecule has 0 saturated carbocycles. The van der Waals surface area contributed by atoms with E-state index in [4.69, 9.17) is 5.73 Å². The Kier molecular flexibility index (Phi) is 4.01. The first kappa shape index (κ1) is 16.1. The van der Waals surface area contributed by atoms with Crippen LogP contribution in [0.15, 0.2) is 48.5 Å². The van der Waals surface area contributed by atoms with Crippen LogP contribution in [0.5, 0.6) is 0 Å². The average Bonchev–Trinajstić information content (AvgIpc) is 2.99. The molecule has 24 heavy (non-hydrogen) atoms. The lowest BCUT2D eigenvalue weighted by molar-refractivity contribution is -0.126. The highest BCUT2D eigenvalue weighted by Gasteiger charge is 2.31. The van der Waals surface area contributed by atoms with Crippen LogP contribution in [0.2, 0.25) is 0 Å². The highest BCUT2D eigenvalue weighted by Crippen LogP contribution is 2.25. The maximum atomic E-state index is 12.8. The molecule has 1 heterocycles. The molecule has 0 aliphatic carbocycles. The molecule has 2 aromatic carbocycles. The fourth-order valence-corrected chi connectivity index (χ4v) is 2.65. The molecule has 1 aromatic heterocycles. The Labute approximate surface area is 141 Å². The predicted octanol–water partition coefficient (Wildman–Crippen LogP) is 3.30. The molecule has 5 heteroatoms. The number of aromatic amines is 1. The number of nitrogens with one attached hydrogen (secondary N) is 2. The van der Waals surface area contributed by atoms with E-state index in [1.807, 2.05) is 69.3 Å². The number of nitrogens with zero attached hydrogens (tertiary/aromatic N) is 1. The van der Waals surface area contributed by atoms with Gasteiger partial charge in [0.25, 0.3) is 0 Å². The molecule has 0 radical (unpaired) electrons. The first-order valence-electron chi connectivity index (χ1n) is 7.99. The van der Waals surface area contributed by atoms with Crippen molar-refractivity contribution in [1.82, 2.24) is 15.3 Å². The van der Waals surface area contributed by atoms with Crippen molar-refractivity contribution in [3.05, 3.63) is 59.9 Å². The summed E-state index contributed by atoms with van der Waals surface area (Å²) in [6, 6.07) is 15.0. The van der Waals surface area contributed by atoms with Crippen LogP contribution < -0.4 is 11.1 Å². The zero-order valence-electron chi connectivity index (χ0n) is 14.1. The number of anilines is 1. The highest BCUT2D eigenvalue weighted by atomic mass is 16.2. The molecule has 1 atom stereocenters. The lowest BCUT2D eigenvalue weighted by atomic mass is 9.83. The molecule has 124 valence electrons. The summed E-state index contributed by atoms with van der Waals surface area (Å²) >= 11 is 0. The zero-order chi connectivity index (χ0) is 17.3. The number of benzene rings is 2. The van der Waals surface area contributed by atoms with Gasteiger partial charge in [-0.1, -0.05) is 24.3 Å². The topological polar surface area (TPSA) is 83.8 Å². The van der Waals surface area contributed by atoms with Gasteiger partial charge in [-0.15, -0.1) is 0 Å². The van der Waals surface area contributed by atoms with E-state index in [1.165, 1.54) is 0 Å². The van der Waals surface area contributed by atoms with Crippen molar-refractivity contribution in [3.63, 3.8) is 0 Å². The molecular formula is C19H22N4O. The minimum absolute atomic E-state index is 0.0553. The van der Waals surface area contributed by atoms with Crippen molar-refractivity contribution in [1.29, 1.82) is 0 Å². The average molecular weight is 322 g/mol. The van der Waals surface area contributed by atoms with Crippen molar-refractivity contribution in [2.24, 2.45) is 0 Å². The molecule has 0 saturated heterocycles. The normalized spacial score (nSPS) is 13.0. The number of fused-ring (bicyclic) bond motifs is 1. The van der Waals surface area contributed by atoms with E-state index in [1.54, 1.807) is 0 Å². The minimum atomic E-state index is -0.659. The van der Waals surface area contributed by atoms with Gasteiger partial charge < -0.3 is 16.0 Å². The summed E-state index contributed by atoms with van der Waals surface area (Å²) in [5.74, 6) is 0.692. The van der Waals surface area contributed by atoms with E-state index >= 15 is 0 Å². The summed E-state index contributed by atoms with van der Waals surface area (Å²) < 4.78 is 0. The van der Waals surface area contributed by atoms with Crippen LogP contribution in [0.1, 0.15) is 38.2 Å². The Morgan fingerprint density at radius 3 is 2.50 bits per heavy atom. The molecule has 3 rings (SSSR count). The summed E-state index contributed by atoms with van der Waals surface area (Å²) in [5.41, 5.74) is 8.53. The Morgan fingerprint density at radius 1 is 1.17 bits per heavy atom. The number of nitrogens with two attached hydrogens (primary N) is 1. The van der Waals surface area contributed by atoms with Gasteiger partial charge in [0.2, 0.25) is 5.91 Å². The van der Waals surface area contributed by atoms with Crippen molar-refractivity contribution in [2.45, 2.75) is 32.2 Å². The van der Waals surface area contributed by atoms with Crippen LogP contribution in [0.3, 0.4) is 0 Å². The van der Waals surface area contributed by atoms with Gasteiger partial charge in [-0.05, 0) is 50.6 Å². The van der Waals surface area contributed by atoms with Gasteiger partial charge in [-0.2, -0.15) is 0 Å². The number of carbonyl (C=O) groups excluding carboxylic acids is 1. The number of amides is 1. The minimum Gasteiger partial charge on any atom is -0.399 e. The molecule has 0 spiro atoms. The fraction of sp³-hybridized carbons (Fsp3) is 0.263. The van der Waals surface area contributed by atoms with Crippen molar-refractivity contribution in [2.75, 3.05) is 5.73 Å². The maximum Gasteiger partial charge on any atom is 0.230 e. The lowest BCUT2D eigenvalue weighted by Gasteiger charge is -2.26. The molecule has 4 N–H and O–H groups in total. The number of nitrogen functional groups attached to an aromatic ring is 1. The SMILES string of the molecule is CC(NC(=O)C(C)(C)c1ccc(N)cc1)c1nc2ccccc2[nH]1. The summed E-state index contributed by atoms with van der Waals surface area (Å²) in [7, 11) is 0. The monoisotopic (exact) mass is 322 g/mol. The second-order valence-electron chi connectivity index (χ2n) is 6.58. The number of rotatable bonds is 4. The summed E-state index contributed by atoms with van der Waals surface area (Å²) in [4.78, 5) is 20.6. The number of para-hydroxylation sites is 2. The second-order valence-corrected chi connectivity index (χ2v) is 6.58. The molecule has 1 unspecified atom stereocenters. The zero-order valence-corrected chi connectivity index (χ0v) is 14.1. The number of H-pyrrole nitrogens is 1. The van der Waals surface area contributed by atoms with Crippen LogP contribution >= 0.6 is 0 Å². The lowest BCUT2D eigenvalue weighted by Crippen LogP contribution is -2.41. The van der Waals surface area contributed by atoms with Crippen LogP contribution in [-0.4, -0.2) is 15.9 Å². The van der Waals surface area contributed by atoms with E-state index in [9.17, 15) is 4.79 Å². The van der Waals surface area contributed by atoms with E-state index in [-0.39, 0.29) is 11.9 Å². The van der Waals surface area contributed by atoms with E-state index in [2.05, 4.69) is 15.3 Å². The Balaban J connectivity index is 1.78. The molecule has 0 aliphatic heterocycles. The number of hydrogen-bond donors (Lipinski definition) is 3. The van der Waals surface area contributed by atoms with E-state index in [0.717, 1.165) is 22.4 Å². The van der Waals surface area contributed by atoms with E-state index in [0.29, 0.717) is 5.69 Å². The van der Waals surface area contributed by atoms with Crippen LogP contribution in [0.25, 0.3) is 11.0 Å². The summed E-state index contributed by atoms with van der Waals surface area (Å²) in [5, 5.41) is 3.05. The Bertz CT molecular complexity index is 831. The van der Waals surface area contributed by atoms with Crippen molar-refractivity contribution in [3.8, 4) is 0 Å². The number of hydrogen-bond acceptors (Lipinski definition) is 3. The van der Waals surface area contributed by atoms with Gasteiger partial charge in [0.05, 0.1) is 22.5 Å². The third-order valence-corrected chi connectivity index (χ3v) is 4.37. The first-order chi connectivity index (χ1) is 11.4. The third-order valence-electron chi connectivity index (χ3n) is 4.37. The summed E-state index contributed by atoms with van der Waals surface area (Å²) in [6.07, 6.45) is 0. The molecule has 0 bridgehead atoms. The van der Waals surface area contributed by atoms with Crippen LogP contribution in [0, 0.1) is 0 Å². The smallest absolute Gasteiger partial charge is 0.230 e. The standard InChI is InChI=1S/C19H22N4O/c1-12(17-22-15-6-4-5-7-16(15)23-17)21-18(24)19(2,3)13-8-10-14(20)11-9-13/h4-12H,20H2,1-3H3,(H,21,24)(H,22,23). The van der Waals surface area contributed by atoms with Gasteiger partial charge in [-0.25, -0.2) is 4.98 Å². The van der Waals surface area contributed by atoms with Crippen LogP contribution in [0.4, 0.5) is 5.69 Å². The maximum absolute atomic E-state index is 12.8. The number of aromatic nitrogens is 2. The number of imidazole rings is 1. The van der Waals surface area contributed by atoms with Gasteiger partial charge >= 0.3 is 0 Å². The third kappa shape index (κ3) is 2.97. The molecule has 3 aromatic rings. The predicted molar refractivity (Wildman–Crippen MR) is 96.5 cm³/mol. The second kappa shape index (κ2) is 6.00. The Hall–Kier alpha value is -2.82. The first-order valence-corrected chi connectivity index (χ1v) is 7.99. The Morgan fingerprint density at radius 2 is 1.83 bits per heavy atom. The van der Waals surface area contributed by atoms with Gasteiger partial charge in [0.15, 0.2) is 0 Å². The van der Waals surface area contributed by atoms with Gasteiger partial charge in [0, 0.05) is 5.69 Å². The van der Waals surface area contributed by atoms with Crippen molar-refractivity contribution < 1.29 is 4.79 Å². The summed E-state index contributed by atoms with van der Waals surface area (Å²) in [6.45, 7) is 5.73. The highest BCUT2D eigenvalue weighted by molar-refractivity contribution is 5.87. The van der Waals surface area contributed by atoms with E-state index < -0.39 is 5.41 Å².